The molecule has 0 unspecified atom stereocenters. The van der Waals surface area contributed by atoms with E-state index in [0.717, 1.165) is 0 Å². The quantitative estimate of drug-likeness (QED) is 0.598. The molecule has 0 aliphatic rings. The predicted octanol–water partition coefficient (Wildman–Crippen LogP) is 1.01. The lowest BCUT2D eigenvalue weighted by Crippen LogP contribution is -2.52. The molecule has 21 heavy (non-hydrogen) atoms. The lowest BCUT2D eigenvalue weighted by atomic mass is 10.1. The van der Waals surface area contributed by atoms with E-state index in [1.807, 2.05) is 0 Å². The zero-order valence-electron chi connectivity index (χ0n) is 12.0. The minimum Gasteiger partial charge on any atom is -0.480 e. The topological polar surface area (TPSA) is 113 Å². The van der Waals surface area contributed by atoms with Crippen molar-refractivity contribution >= 4 is 23.3 Å². The van der Waals surface area contributed by atoms with E-state index >= 15 is 0 Å². The third kappa shape index (κ3) is 4.16. The first-order valence-corrected chi connectivity index (χ1v) is 6.14. The highest BCUT2D eigenvalue weighted by Gasteiger charge is 2.29. The maximum atomic E-state index is 11.8. The maximum Gasteiger partial charge on any atom is 0.328 e. The summed E-state index contributed by atoms with van der Waals surface area (Å²) in [4.78, 5) is 34.6. The van der Waals surface area contributed by atoms with Gasteiger partial charge in [-0.05, 0) is 19.9 Å². The summed E-state index contributed by atoms with van der Waals surface area (Å²) in [6.45, 7) is 2.53. The molecule has 0 fully saturated rings. The van der Waals surface area contributed by atoms with Gasteiger partial charge >= 0.3 is 5.97 Å². The number of nitro groups is 1. The first-order valence-electron chi connectivity index (χ1n) is 6.14. The monoisotopic (exact) mass is 295 g/mol. The molecule has 0 bridgehead atoms. The first-order chi connectivity index (χ1) is 9.65. The van der Waals surface area contributed by atoms with Crippen molar-refractivity contribution in [1.82, 2.24) is 5.32 Å². The second-order valence-electron chi connectivity index (χ2n) is 5.08. The van der Waals surface area contributed by atoms with E-state index in [9.17, 15) is 19.7 Å². The van der Waals surface area contributed by atoms with Crippen LogP contribution >= 0.6 is 0 Å². The van der Waals surface area contributed by atoms with E-state index in [2.05, 4.69) is 5.32 Å². The van der Waals surface area contributed by atoms with E-state index < -0.39 is 22.3 Å². The van der Waals surface area contributed by atoms with Crippen LogP contribution in [0.2, 0.25) is 0 Å². The van der Waals surface area contributed by atoms with Crippen LogP contribution in [-0.2, 0) is 9.59 Å². The number of carbonyl (C=O) groups is 2. The number of nitrogens with one attached hydrogen (secondary N) is 1. The van der Waals surface area contributed by atoms with Gasteiger partial charge in [0, 0.05) is 13.1 Å². The second kappa shape index (κ2) is 6.21. The lowest BCUT2D eigenvalue weighted by molar-refractivity contribution is -0.384. The molecule has 2 N–H and O–H groups in total. The summed E-state index contributed by atoms with van der Waals surface area (Å²) in [5.74, 6) is -1.70. The van der Waals surface area contributed by atoms with Gasteiger partial charge in [0.2, 0.25) is 5.91 Å². The van der Waals surface area contributed by atoms with Crippen LogP contribution in [0.15, 0.2) is 24.3 Å². The third-order valence-corrected chi connectivity index (χ3v) is 2.86. The van der Waals surface area contributed by atoms with Gasteiger partial charge in [0.15, 0.2) is 0 Å². The Bertz CT molecular complexity index is 571. The highest BCUT2D eigenvalue weighted by molar-refractivity contribution is 5.89. The highest BCUT2D eigenvalue weighted by atomic mass is 16.6. The molecule has 0 saturated carbocycles. The van der Waals surface area contributed by atoms with Crippen molar-refractivity contribution in [3.8, 4) is 0 Å². The molecule has 8 nitrogen and oxygen atoms in total. The van der Waals surface area contributed by atoms with Crippen LogP contribution in [0.4, 0.5) is 11.4 Å². The Labute approximate surface area is 121 Å². The van der Waals surface area contributed by atoms with Crippen molar-refractivity contribution in [2.75, 3.05) is 18.5 Å². The molecule has 0 heterocycles. The Kier molecular flexibility index (Phi) is 4.85. The van der Waals surface area contributed by atoms with Crippen LogP contribution in [0.3, 0.4) is 0 Å². The number of hydrogen-bond donors (Lipinski definition) is 2. The van der Waals surface area contributed by atoms with Gasteiger partial charge in [-0.25, -0.2) is 4.79 Å². The lowest BCUT2D eigenvalue weighted by Gasteiger charge is -2.24. The normalized spacial score (nSPS) is 10.8. The van der Waals surface area contributed by atoms with Crippen molar-refractivity contribution in [3.63, 3.8) is 0 Å². The van der Waals surface area contributed by atoms with Crippen LogP contribution in [0, 0.1) is 10.1 Å². The third-order valence-electron chi connectivity index (χ3n) is 2.86. The number of benzene rings is 1. The number of anilines is 1. The number of nitrogens with zero attached hydrogens (tertiary/aromatic N) is 2. The molecule has 8 heteroatoms. The van der Waals surface area contributed by atoms with Gasteiger partial charge < -0.3 is 15.3 Å². The fourth-order valence-electron chi connectivity index (χ4n) is 1.68. The minimum absolute atomic E-state index is 0.120. The predicted molar refractivity (Wildman–Crippen MR) is 76.2 cm³/mol. The molecule has 1 rings (SSSR count). The van der Waals surface area contributed by atoms with E-state index in [0.29, 0.717) is 0 Å². The smallest absolute Gasteiger partial charge is 0.328 e. The van der Waals surface area contributed by atoms with Gasteiger partial charge in [0.1, 0.15) is 11.2 Å². The molecule has 1 aromatic carbocycles. The minimum atomic E-state index is -1.40. The van der Waals surface area contributed by atoms with Gasteiger partial charge in [-0.2, -0.15) is 0 Å². The standard InChI is InChI=1S/C13H17N3O5/c1-13(2,12(18)19)14-11(17)8-15(3)9-6-4-5-7-10(9)16(20)21/h4-7H,8H2,1-3H3,(H,14,17)(H,18,19). The average molecular weight is 295 g/mol. The Morgan fingerprint density at radius 3 is 2.48 bits per heavy atom. The number of amides is 1. The fourth-order valence-corrected chi connectivity index (χ4v) is 1.68. The molecule has 0 atom stereocenters. The molecule has 1 aromatic rings. The van der Waals surface area contributed by atoms with Crippen LogP contribution in [0.1, 0.15) is 13.8 Å². The Morgan fingerprint density at radius 1 is 1.38 bits per heavy atom. The summed E-state index contributed by atoms with van der Waals surface area (Å²) >= 11 is 0. The first kappa shape index (κ1) is 16.4. The van der Waals surface area contributed by atoms with Crippen LogP contribution in [0.25, 0.3) is 0 Å². The molecular formula is C13H17N3O5. The number of likely N-dealkylation sites (N-methyl/N-ethyl adjacent to an activating group) is 1. The number of rotatable bonds is 6. The summed E-state index contributed by atoms with van der Waals surface area (Å²) in [6.07, 6.45) is 0. The summed E-state index contributed by atoms with van der Waals surface area (Å²) < 4.78 is 0. The molecule has 0 aromatic heterocycles. The number of nitro benzene ring substituents is 1. The molecule has 1 amide bonds. The maximum absolute atomic E-state index is 11.8. The zero-order valence-corrected chi connectivity index (χ0v) is 12.0. The molecule has 0 aliphatic carbocycles. The molecule has 114 valence electrons. The molecule has 0 spiro atoms. The van der Waals surface area contributed by atoms with Crippen LogP contribution < -0.4 is 10.2 Å². The average Bonchev–Trinajstić information content (AvgIpc) is 2.37. The van der Waals surface area contributed by atoms with Crippen molar-refractivity contribution in [2.45, 2.75) is 19.4 Å². The number of carbonyl (C=O) groups excluding carboxylic acids is 1. The van der Waals surface area contributed by atoms with E-state index in [4.69, 9.17) is 5.11 Å². The Morgan fingerprint density at radius 2 is 1.95 bits per heavy atom. The highest BCUT2D eigenvalue weighted by Crippen LogP contribution is 2.26. The van der Waals surface area contributed by atoms with Crippen LogP contribution in [0.5, 0.6) is 0 Å². The summed E-state index contributed by atoms with van der Waals surface area (Å²) in [5.41, 5.74) is -1.24. The Hall–Kier alpha value is -2.64. The Balaban J connectivity index is 2.83. The van der Waals surface area contributed by atoms with Gasteiger partial charge in [0.25, 0.3) is 5.69 Å². The largest absolute Gasteiger partial charge is 0.480 e. The van der Waals surface area contributed by atoms with Crippen molar-refractivity contribution < 1.29 is 19.6 Å². The fraction of sp³-hybridized carbons (Fsp3) is 0.385. The van der Waals surface area contributed by atoms with Gasteiger partial charge in [-0.3, -0.25) is 14.9 Å². The van der Waals surface area contributed by atoms with Crippen molar-refractivity contribution in [1.29, 1.82) is 0 Å². The SMILES string of the molecule is CN(CC(=O)NC(C)(C)C(=O)O)c1ccccc1[N+](=O)[O-]. The van der Waals surface area contributed by atoms with E-state index in [1.54, 1.807) is 6.07 Å². The van der Waals surface area contributed by atoms with E-state index in [-0.39, 0.29) is 17.9 Å². The zero-order chi connectivity index (χ0) is 16.2. The van der Waals surface area contributed by atoms with Gasteiger partial charge in [0.05, 0.1) is 11.5 Å². The summed E-state index contributed by atoms with van der Waals surface area (Å²) in [6, 6.07) is 6.01. The molecule has 0 saturated heterocycles. The molecule has 0 aliphatic heterocycles. The van der Waals surface area contributed by atoms with Crippen LogP contribution in [-0.4, -0.2) is 41.0 Å². The number of hydrogen-bond acceptors (Lipinski definition) is 5. The van der Waals surface area contributed by atoms with Gasteiger partial charge in [-0.1, -0.05) is 12.1 Å². The van der Waals surface area contributed by atoms with E-state index in [1.165, 1.54) is 44.0 Å². The van der Waals surface area contributed by atoms with Crippen molar-refractivity contribution in [3.05, 3.63) is 34.4 Å². The number of carboxylic acid groups (broad SMARTS) is 1. The molecule has 0 radical (unpaired) electrons. The number of carboxylic acids is 1. The number of para-hydroxylation sites is 2. The van der Waals surface area contributed by atoms with Crippen molar-refractivity contribution in [2.24, 2.45) is 0 Å². The summed E-state index contributed by atoms with van der Waals surface area (Å²) in [7, 11) is 1.52. The summed E-state index contributed by atoms with van der Waals surface area (Å²) in [5, 5.41) is 22.2. The molecular weight excluding hydrogens is 278 g/mol. The van der Waals surface area contributed by atoms with Gasteiger partial charge in [-0.15, -0.1) is 0 Å². The second-order valence-corrected chi connectivity index (χ2v) is 5.08. The number of aliphatic carboxylic acids is 1.